The van der Waals surface area contributed by atoms with Crippen molar-refractivity contribution in [3.8, 4) is 11.8 Å². The Kier molecular flexibility index (Phi) is 6.67. The third-order valence-electron chi connectivity index (χ3n) is 4.18. The lowest BCUT2D eigenvalue weighted by Gasteiger charge is -2.07. The second kappa shape index (κ2) is 9.59. The van der Waals surface area contributed by atoms with E-state index >= 15 is 0 Å². The SMILES string of the molecule is Cc1ccc(NC(=O)/C(C#N)=C/c2ccc(OCc3ccc(Cl)cc3)cc2)cc1. The van der Waals surface area contributed by atoms with Crippen molar-refractivity contribution >= 4 is 29.3 Å². The van der Waals surface area contributed by atoms with Crippen LogP contribution < -0.4 is 10.1 Å². The van der Waals surface area contributed by atoms with Crippen molar-refractivity contribution in [1.82, 2.24) is 0 Å². The van der Waals surface area contributed by atoms with Gasteiger partial charge in [-0.1, -0.05) is 53.6 Å². The summed E-state index contributed by atoms with van der Waals surface area (Å²) in [6.45, 7) is 2.39. The molecule has 4 nitrogen and oxygen atoms in total. The van der Waals surface area contributed by atoms with Gasteiger partial charge in [0.15, 0.2) is 0 Å². The van der Waals surface area contributed by atoms with Gasteiger partial charge in [0.2, 0.25) is 0 Å². The molecule has 0 fully saturated rings. The minimum atomic E-state index is -0.445. The standard InChI is InChI=1S/C24H19ClN2O2/c1-17-2-10-22(11-3-17)27-24(28)20(15-26)14-18-6-12-23(13-7-18)29-16-19-4-8-21(25)9-5-19/h2-14H,16H2,1H3,(H,27,28)/b20-14+. The molecule has 0 saturated carbocycles. The molecule has 0 atom stereocenters. The molecule has 0 spiro atoms. The zero-order valence-corrected chi connectivity index (χ0v) is 16.6. The second-order valence-electron chi connectivity index (χ2n) is 6.47. The van der Waals surface area contributed by atoms with Gasteiger partial charge >= 0.3 is 0 Å². The highest BCUT2D eigenvalue weighted by atomic mass is 35.5. The quantitative estimate of drug-likeness (QED) is 0.420. The van der Waals surface area contributed by atoms with Crippen molar-refractivity contribution in [3.05, 3.63) is 100 Å². The van der Waals surface area contributed by atoms with Crippen molar-refractivity contribution in [2.45, 2.75) is 13.5 Å². The van der Waals surface area contributed by atoms with Gasteiger partial charge in [-0.3, -0.25) is 4.79 Å². The maximum Gasteiger partial charge on any atom is 0.266 e. The Morgan fingerprint density at radius 3 is 2.31 bits per heavy atom. The summed E-state index contributed by atoms with van der Waals surface area (Å²) >= 11 is 5.88. The highest BCUT2D eigenvalue weighted by Gasteiger charge is 2.09. The predicted octanol–water partition coefficient (Wildman–Crippen LogP) is 5.77. The van der Waals surface area contributed by atoms with E-state index in [0.717, 1.165) is 16.7 Å². The van der Waals surface area contributed by atoms with Gasteiger partial charge in [0.05, 0.1) is 0 Å². The van der Waals surface area contributed by atoms with Crippen LogP contribution in [0.25, 0.3) is 6.08 Å². The third-order valence-corrected chi connectivity index (χ3v) is 4.44. The van der Waals surface area contributed by atoms with Crippen molar-refractivity contribution in [1.29, 1.82) is 5.26 Å². The highest BCUT2D eigenvalue weighted by Crippen LogP contribution is 2.18. The van der Waals surface area contributed by atoms with Crippen LogP contribution in [0.1, 0.15) is 16.7 Å². The maximum atomic E-state index is 12.3. The Hall–Kier alpha value is -3.55. The second-order valence-corrected chi connectivity index (χ2v) is 6.91. The number of hydrogen-bond donors (Lipinski definition) is 1. The number of benzene rings is 3. The number of carbonyl (C=O) groups excluding carboxylic acids is 1. The summed E-state index contributed by atoms with van der Waals surface area (Å²) in [7, 11) is 0. The molecule has 1 N–H and O–H groups in total. The van der Waals surface area contributed by atoms with E-state index < -0.39 is 5.91 Å². The molecule has 1 amide bonds. The highest BCUT2D eigenvalue weighted by molar-refractivity contribution is 6.30. The third kappa shape index (κ3) is 5.97. The normalized spacial score (nSPS) is 10.9. The van der Waals surface area contributed by atoms with Crippen LogP contribution in [0, 0.1) is 18.3 Å². The van der Waals surface area contributed by atoms with E-state index in [-0.39, 0.29) is 5.57 Å². The Labute approximate surface area is 175 Å². The molecule has 0 bridgehead atoms. The van der Waals surface area contributed by atoms with E-state index in [0.29, 0.717) is 23.1 Å². The lowest BCUT2D eigenvalue weighted by atomic mass is 10.1. The first kappa shape index (κ1) is 20.2. The number of hydrogen-bond acceptors (Lipinski definition) is 3. The summed E-state index contributed by atoms with van der Waals surface area (Å²) < 4.78 is 5.75. The van der Waals surface area contributed by atoms with Gasteiger partial charge in [0.1, 0.15) is 24.0 Å². The summed E-state index contributed by atoms with van der Waals surface area (Å²) in [6, 6.07) is 24.0. The Bertz CT molecular complexity index is 1050. The molecular formula is C24H19ClN2O2. The molecule has 0 aliphatic rings. The van der Waals surface area contributed by atoms with Crippen molar-refractivity contribution in [2.24, 2.45) is 0 Å². The number of nitrogens with zero attached hydrogens (tertiary/aromatic N) is 1. The first-order valence-corrected chi connectivity index (χ1v) is 9.38. The van der Waals surface area contributed by atoms with E-state index in [2.05, 4.69) is 5.32 Å². The van der Waals surface area contributed by atoms with Gasteiger partial charge in [0, 0.05) is 10.7 Å². The molecule has 3 aromatic rings. The zero-order valence-electron chi connectivity index (χ0n) is 15.9. The van der Waals surface area contributed by atoms with Gasteiger partial charge in [-0.25, -0.2) is 0 Å². The average Bonchev–Trinajstić information content (AvgIpc) is 2.74. The van der Waals surface area contributed by atoms with Gasteiger partial charge in [-0.15, -0.1) is 0 Å². The monoisotopic (exact) mass is 402 g/mol. The Balaban J connectivity index is 1.63. The number of ether oxygens (including phenoxy) is 1. The smallest absolute Gasteiger partial charge is 0.266 e. The van der Waals surface area contributed by atoms with Gasteiger partial charge in [0.25, 0.3) is 5.91 Å². The molecule has 144 valence electrons. The summed E-state index contributed by atoms with van der Waals surface area (Å²) in [5.41, 5.74) is 3.52. The fraction of sp³-hybridized carbons (Fsp3) is 0.0833. The number of nitrogens with one attached hydrogen (secondary N) is 1. The van der Waals surface area contributed by atoms with Crippen LogP contribution in [0.5, 0.6) is 5.75 Å². The minimum Gasteiger partial charge on any atom is -0.489 e. The summed E-state index contributed by atoms with van der Waals surface area (Å²) in [4.78, 5) is 12.3. The van der Waals surface area contributed by atoms with Gasteiger partial charge in [-0.05, 0) is 60.5 Å². The van der Waals surface area contributed by atoms with Gasteiger partial charge < -0.3 is 10.1 Å². The molecule has 0 heterocycles. The number of nitriles is 1. The Morgan fingerprint density at radius 1 is 1.03 bits per heavy atom. The van der Waals surface area contributed by atoms with E-state index in [1.165, 1.54) is 0 Å². The average molecular weight is 403 g/mol. The summed E-state index contributed by atoms with van der Waals surface area (Å²) in [6.07, 6.45) is 1.55. The van der Waals surface area contributed by atoms with Crippen LogP contribution in [0.2, 0.25) is 5.02 Å². The molecule has 5 heteroatoms. The van der Waals surface area contributed by atoms with E-state index in [1.807, 2.05) is 49.4 Å². The molecule has 3 rings (SSSR count). The minimum absolute atomic E-state index is 0.0282. The van der Waals surface area contributed by atoms with E-state index in [1.54, 1.807) is 42.5 Å². The van der Waals surface area contributed by atoms with Crippen LogP contribution in [-0.4, -0.2) is 5.91 Å². The summed E-state index contributed by atoms with van der Waals surface area (Å²) in [5, 5.41) is 12.8. The lowest BCUT2D eigenvalue weighted by molar-refractivity contribution is -0.112. The van der Waals surface area contributed by atoms with Gasteiger partial charge in [-0.2, -0.15) is 5.26 Å². The first-order valence-electron chi connectivity index (χ1n) is 9.00. The molecule has 0 aliphatic carbocycles. The molecule has 0 aromatic heterocycles. The molecule has 0 saturated heterocycles. The number of halogens is 1. The maximum absolute atomic E-state index is 12.3. The van der Waals surface area contributed by atoms with Crippen molar-refractivity contribution in [3.63, 3.8) is 0 Å². The van der Waals surface area contributed by atoms with Crippen molar-refractivity contribution in [2.75, 3.05) is 5.32 Å². The van der Waals surface area contributed by atoms with Crippen LogP contribution in [-0.2, 0) is 11.4 Å². The van der Waals surface area contributed by atoms with Crippen LogP contribution in [0.4, 0.5) is 5.69 Å². The molecule has 0 aliphatic heterocycles. The number of aryl methyl sites for hydroxylation is 1. The van der Waals surface area contributed by atoms with Crippen LogP contribution >= 0.6 is 11.6 Å². The number of rotatable bonds is 6. The molecular weight excluding hydrogens is 384 g/mol. The molecule has 29 heavy (non-hydrogen) atoms. The van der Waals surface area contributed by atoms with Crippen molar-refractivity contribution < 1.29 is 9.53 Å². The lowest BCUT2D eigenvalue weighted by Crippen LogP contribution is -2.13. The molecule has 0 unspecified atom stereocenters. The molecule has 0 radical (unpaired) electrons. The fourth-order valence-electron chi connectivity index (χ4n) is 2.56. The number of anilines is 1. The predicted molar refractivity (Wildman–Crippen MR) is 116 cm³/mol. The number of carbonyl (C=O) groups is 1. The topological polar surface area (TPSA) is 62.1 Å². The summed E-state index contributed by atoms with van der Waals surface area (Å²) in [5.74, 6) is 0.249. The van der Waals surface area contributed by atoms with Crippen LogP contribution in [0.3, 0.4) is 0 Å². The largest absolute Gasteiger partial charge is 0.489 e. The fourth-order valence-corrected chi connectivity index (χ4v) is 2.68. The first-order chi connectivity index (χ1) is 14.0. The van der Waals surface area contributed by atoms with E-state index in [4.69, 9.17) is 16.3 Å². The number of amides is 1. The zero-order chi connectivity index (χ0) is 20.6. The molecule has 3 aromatic carbocycles. The van der Waals surface area contributed by atoms with E-state index in [9.17, 15) is 10.1 Å². The van der Waals surface area contributed by atoms with Crippen LogP contribution in [0.15, 0.2) is 78.4 Å². The Morgan fingerprint density at radius 2 is 1.69 bits per heavy atom.